The molecular weight excluding hydrogens is 592 g/mol. The first kappa shape index (κ1) is 26.7. The molecule has 0 unspecified atom stereocenters. The van der Waals surface area contributed by atoms with E-state index >= 15 is 0 Å². The lowest BCUT2D eigenvalue weighted by Gasteiger charge is -2.44. The molecule has 0 atom stereocenters. The highest BCUT2D eigenvalue weighted by Gasteiger charge is 2.54. The molecule has 3 aromatic heterocycles. The van der Waals surface area contributed by atoms with Crippen molar-refractivity contribution in [2.75, 3.05) is 4.90 Å². The van der Waals surface area contributed by atoms with Gasteiger partial charge in [0.25, 0.3) is 0 Å². The standard InChI is InChI=1S/C42H26N4O2/c1-3-11-27(12-4-1)39-43-40(28-13-5-2-6-14-28)45-41(44-39)29-19-21-30(22-20-29)46-35-17-9-7-15-31(35)42(32-16-8-10-18-36(32)46)33-23-25-47-37(33)38-34(42)24-26-48-38/h1-26H. The number of benzene rings is 5. The predicted molar refractivity (Wildman–Crippen MR) is 186 cm³/mol. The highest BCUT2D eigenvalue weighted by molar-refractivity contribution is 5.93. The van der Waals surface area contributed by atoms with Gasteiger partial charge in [-0.3, -0.25) is 0 Å². The molecule has 4 heterocycles. The normalized spacial score (nSPS) is 13.5. The van der Waals surface area contributed by atoms with Gasteiger partial charge in [-0.2, -0.15) is 0 Å². The van der Waals surface area contributed by atoms with Crippen LogP contribution in [-0.4, -0.2) is 15.0 Å². The highest BCUT2D eigenvalue weighted by Crippen LogP contribution is 2.63. The molecule has 226 valence electrons. The summed E-state index contributed by atoms with van der Waals surface area (Å²) in [5, 5.41) is 0. The van der Waals surface area contributed by atoms with Gasteiger partial charge in [0, 0.05) is 33.5 Å². The summed E-state index contributed by atoms with van der Waals surface area (Å²) in [5.41, 5.74) is 10.0. The Morgan fingerprint density at radius 3 is 1.29 bits per heavy atom. The fourth-order valence-corrected chi connectivity index (χ4v) is 7.51. The topological polar surface area (TPSA) is 68.2 Å². The van der Waals surface area contributed by atoms with Crippen molar-refractivity contribution in [2.45, 2.75) is 5.41 Å². The lowest BCUT2D eigenvalue weighted by molar-refractivity contribution is 0.525. The Balaban J connectivity index is 1.12. The van der Waals surface area contributed by atoms with Crippen molar-refractivity contribution in [1.29, 1.82) is 0 Å². The summed E-state index contributed by atoms with van der Waals surface area (Å²) in [4.78, 5) is 17.1. The van der Waals surface area contributed by atoms with Crippen LogP contribution < -0.4 is 4.90 Å². The van der Waals surface area contributed by atoms with Crippen molar-refractivity contribution < 1.29 is 8.83 Å². The van der Waals surface area contributed by atoms with Crippen LogP contribution in [0.4, 0.5) is 17.1 Å². The van der Waals surface area contributed by atoms with Crippen LogP contribution in [0.15, 0.2) is 167 Å². The number of nitrogens with zero attached hydrogens (tertiary/aromatic N) is 4. The van der Waals surface area contributed by atoms with E-state index in [0.717, 1.165) is 56.4 Å². The zero-order valence-corrected chi connectivity index (χ0v) is 25.6. The third-order valence-electron chi connectivity index (χ3n) is 9.53. The lowest BCUT2D eigenvalue weighted by Crippen LogP contribution is -2.35. The number of hydrogen-bond donors (Lipinski definition) is 0. The molecule has 1 aliphatic heterocycles. The van der Waals surface area contributed by atoms with Crippen LogP contribution in [0.5, 0.6) is 0 Å². The maximum Gasteiger partial charge on any atom is 0.174 e. The second-order valence-corrected chi connectivity index (χ2v) is 12.0. The molecule has 0 N–H and O–H groups in total. The summed E-state index contributed by atoms with van der Waals surface area (Å²) >= 11 is 0. The van der Waals surface area contributed by atoms with E-state index in [4.69, 9.17) is 23.8 Å². The highest BCUT2D eigenvalue weighted by atomic mass is 16.4. The van der Waals surface area contributed by atoms with Gasteiger partial charge in [0.15, 0.2) is 29.0 Å². The smallest absolute Gasteiger partial charge is 0.174 e. The minimum absolute atomic E-state index is 0.555. The average Bonchev–Trinajstić information content (AvgIpc) is 3.90. The Hall–Kier alpha value is -6.53. The number of furan rings is 2. The molecule has 0 saturated carbocycles. The Morgan fingerprint density at radius 2 is 0.812 bits per heavy atom. The Labute approximate surface area is 276 Å². The molecule has 6 nitrogen and oxygen atoms in total. The van der Waals surface area contributed by atoms with Gasteiger partial charge in [0.2, 0.25) is 0 Å². The molecule has 6 heteroatoms. The summed E-state index contributed by atoms with van der Waals surface area (Å²) in [5.74, 6) is 3.49. The van der Waals surface area contributed by atoms with Crippen LogP contribution >= 0.6 is 0 Å². The second-order valence-electron chi connectivity index (χ2n) is 12.0. The van der Waals surface area contributed by atoms with Crippen molar-refractivity contribution in [2.24, 2.45) is 0 Å². The summed E-state index contributed by atoms with van der Waals surface area (Å²) < 4.78 is 12.1. The van der Waals surface area contributed by atoms with Gasteiger partial charge in [-0.05, 0) is 59.7 Å². The van der Waals surface area contributed by atoms with Crippen LogP contribution in [0.1, 0.15) is 22.3 Å². The first-order valence-corrected chi connectivity index (χ1v) is 15.9. The van der Waals surface area contributed by atoms with E-state index in [1.165, 1.54) is 11.1 Å². The molecule has 0 radical (unpaired) electrons. The van der Waals surface area contributed by atoms with Gasteiger partial charge >= 0.3 is 0 Å². The van der Waals surface area contributed by atoms with Gasteiger partial charge in [-0.15, -0.1) is 0 Å². The number of fused-ring (bicyclic) bond motifs is 9. The number of para-hydroxylation sites is 2. The van der Waals surface area contributed by atoms with Crippen LogP contribution in [-0.2, 0) is 5.41 Å². The van der Waals surface area contributed by atoms with Crippen molar-refractivity contribution in [3.05, 3.63) is 180 Å². The van der Waals surface area contributed by atoms with E-state index in [2.05, 4.69) is 89.8 Å². The molecule has 8 aromatic rings. The van der Waals surface area contributed by atoms with Crippen LogP contribution in [0.3, 0.4) is 0 Å². The Kier molecular flexibility index (Phi) is 5.69. The molecular formula is C42H26N4O2. The molecule has 10 rings (SSSR count). The zero-order valence-electron chi connectivity index (χ0n) is 25.6. The number of aromatic nitrogens is 3. The predicted octanol–water partition coefficient (Wildman–Crippen LogP) is 10.2. The van der Waals surface area contributed by atoms with Crippen LogP contribution in [0.2, 0.25) is 0 Å². The first-order chi connectivity index (χ1) is 23.8. The first-order valence-electron chi connectivity index (χ1n) is 15.9. The van der Waals surface area contributed by atoms with E-state index in [0.29, 0.717) is 17.5 Å². The maximum absolute atomic E-state index is 6.03. The molecule has 1 aliphatic carbocycles. The van der Waals surface area contributed by atoms with Crippen LogP contribution in [0.25, 0.3) is 45.7 Å². The molecule has 5 aromatic carbocycles. The number of anilines is 3. The lowest BCUT2D eigenvalue weighted by atomic mass is 9.65. The van der Waals surface area contributed by atoms with Gasteiger partial charge in [0.05, 0.1) is 29.3 Å². The Morgan fingerprint density at radius 1 is 0.396 bits per heavy atom. The Bertz CT molecular complexity index is 2320. The molecule has 0 fully saturated rings. The zero-order chi connectivity index (χ0) is 31.7. The van der Waals surface area contributed by atoms with E-state index in [1.54, 1.807) is 12.5 Å². The van der Waals surface area contributed by atoms with Gasteiger partial charge in [0.1, 0.15) is 0 Å². The van der Waals surface area contributed by atoms with Gasteiger partial charge < -0.3 is 13.7 Å². The van der Waals surface area contributed by atoms with Gasteiger partial charge in [-0.25, -0.2) is 15.0 Å². The minimum Gasteiger partial charge on any atom is -0.461 e. The summed E-state index contributed by atoms with van der Waals surface area (Å²) in [6, 6.07) is 50.1. The average molecular weight is 619 g/mol. The minimum atomic E-state index is -0.555. The quantitative estimate of drug-likeness (QED) is 0.196. The largest absolute Gasteiger partial charge is 0.461 e. The fourth-order valence-electron chi connectivity index (χ4n) is 7.51. The number of rotatable bonds is 4. The van der Waals surface area contributed by atoms with E-state index < -0.39 is 5.41 Å². The molecule has 48 heavy (non-hydrogen) atoms. The summed E-state index contributed by atoms with van der Waals surface area (Å²) in [7, 11) is 0. The molecule has 0 saturated heterocycles. The van der Waals surface area contributed by atoms with Crippen molar-refractivity contribution in [3.63, 3.8) is 0 Å². The van der Waals surface area contributed by atoms with Crippen molar-refractivity contribution >= 4 is 17.1 Å². The number of hydrogen-bond acceptors (Lipinski definition) is 6. The van der Waals surface area contributed by atoms with E-state index in [1.807, 2.05) is 60.7 Å². The van der Waals surface area contributed by atoms with E-state index in [9.17, 15) is 0 Å². The summed E-state index contributed by atoms with van der Waals surface area (Å²) in [6.07, 6.45) is 3.53. The fraction of sp³-hybridized carbons (Fsp3) is 0.0238. The monoisotopic (exact) mass is 618 g/mol. The molecule has 0 bridgehead atoms. The van der Waals surface area contributed by atoms with Crippen molar-refractivity contribution in [1.82, 2.24) is 15.0 Å². The molecule has 1 spiro atoms. The molecule has 0 amide bonds. The molecule has 2 aliphatic rings. The van der Waals surface area contributed by atoms with E-state index in [-0.39, 0.29) is 0 Å². The third-order valence-corrected chi connectivity index (χ3v) is 9.53. The third kappa shape index (κ3) is 3.71. The second kappa shape index (κ2) is 10.2. The maximum atomic E-state index is 6.03. The SMILES string of the molecule is c1ccc(-c2nc(-c3ccccc3)nc(-c3ccc(N4c5ccccc5C5(c6ccccc64)c4ccoc4-c4occc45)cc3)n2)cc1. The van der Waals surface area contributed by atoms with Crippen molar-refractivity contribution in [3.8, 4) is 45.7 Å². The van der Waals surface area contributed by atoms with Gasteiger partial charge in [-0.1, -0.05) is 97.1 Å². The summed E-state index contributed by atoms with van der Waals surface area (Å²) in [6.45, 7) is 0. The van der Waals surface area contributed by atoms with Crippen LogP contribution in [0, 0.1) is 0 Å².